The number of hydrogen-bond acceptors (Lipinski definition) is 7. The summed E-state index contributed by atoms with van der Waals surface area (Å²) in [7, 11) is 5.30. The summed E-state index contributed by atoms with van der Waals surface area (Å²) in [4.78, 5) is 15.0. The van der Waals surface area contributed by atoms with Crippen molar-refractivity contribution in [3.63, 3.8) is 0 Å². The molecule has 0 saturated carbocycles. The van der Waals surface area contributed by atoms with E-state index in [4.69, 9.17) is 14.2 Å². The first-order chi connectivity index (χ1) is 17.1. The van der Waals surface area contributed by atoms with Crippen LogP contribution in [-0.2, 0) is 21.9 Å². The van der Waals surface area contributed by atoms with Gasteiger partial charge in [-0.1, -0.05) is 18.2 Å². The van der Waals surface area contributed by atoms with E-state index in [0.29, 0.717) is 5.75 Å². The summed E-state index contributed by atoms with van der Waals surface area (Å²) in [6.45, 7) is -0.133. The van der Waals surface area contributed by atoms with Gasteiger partial charge in [0.25, 0.3) is 15.9 Å². The molecule has 0 aliphatic heterocycles. The number of carbonyl (C=O) groups excluding carboxylic acids is 1. The fraction of sp³-hybridized carbons (Fsp3) is 0.269. The number of aryl methyl sites for hydroxylation is 1. The summed E-state index contributed by atoms with van der Waals surface area (Å²) in [5, 5.41) is 1.70. The highest BCUT2D eigenvalue weighted by Gasteiger charge is 2.33. The second-order valence-corrected chi connectivity index (χ2v) is 10.3. The third kappa shape index (κ3) is 4.92. The van der Waals surface area contributed by atoms with Crippen LogP contribution < -0.4 is 18.5 Å². The molecule has 3 aromatic carbocycles. The highest BCUT2D eigenvalue weighted by Crippen LogP contribution is 2.42. The first-order valence-corrected chi connectivity index (χ1v) is 12.6. The standard InChI is InChI=1S/C26H29N3O6S.ClH/c1-27(2)16-25(30)29(17-13-23(33-4)26(35-6)24(14-17)34-5)36(31,32)18-11-12-22-20(15-18)19-9-7-8-10-21(19)28(22)3;/h7-15H,16H2,1-6H3;1H. The molecule has 1 heterocycles. The Morgan fingerprint density at radius 3 is 2.03 bits per heavy atom. The van der Waals surface area contributed by atoms with Gasteiger partial charge in [-0.05, 0) is 38.4 Å². The highest BCUT2D eigenvalue weighted by atomic mass is 35.5. The molecule has 0 unspecified atom stereocenters. The number of likely N-dealkylation sites (N-methyl/N-ethyl adjacent to an activating group) is 1. The average molecular weight is 548 g/mol. The number of aromatic nitrogens is 1. The Kier molecular flexibility index (Phi) is 8.26. The van der Waals surface area contributed by atoms with Crippen molar-refractivity contribution >= 4 is 55.8 Å². The average Bonchev–Trinajstić information content (AvgIpc) is 3.14. The number of carbonyl (C=O) groups is 1. The number of nitrogens with zero attached hydrogens (tertiary/aromatic N) is 3. The van der Waals surface area contributed by atoms with Gasteiger partial charge in [0.15, 0.2) is 11.5 Å². The van der Waals surface area contributed by atoms with Crippen molar-refractivity contribution in [2.75, 3.05) is 46.3 Å². The zero-order chi connectivity index (χ0) is 26.2. The van der Waals surface area contributed by atoms with Gasteiger partial charge in [0, 0.05) is 41.0 Å². The summed E-state index contributed by atoms with van der Waals surface area (Å²) in [6, 6.07) is 15.6. The van der Waals surface area contributed by atoms with E-state index < -0.39 is 15.9 Å². The van der Waals surface area contributed by atoms with E-state index in [0.717, 1.165) is 26.1 Å². The molecule has 11 heteroatoms. The van der Waals surface area contributed by atoms with Crippen LogP contribution in [0, 0.1) is 0 Å². The van der Waals surface area contributed by atoms with Gasteiger partial charge in [-0.25, -0.2) is 12.7 Å². The minimum Gasteiger partial charge on any atom is -0.493 e. The third-order valence-corrected chi connectivity index (χ3v) is 7.73. The van der Waals surface area contributed by atoms with E-state index in [-0.39, 0.29) is 41.0 Å². The van der Waals surface area contributed by atoms with Gasteiger partial charge in [0.2, 0.25) is 5.75 Å². The maximum atomic E-state index is 14.1. The van der Waals surface area contributed by atoms with Gasteiger partial charge in [0.1, 0.15) is 0 Å². The van der Waals surface area contributed by atoms with Crippen LogP contribution in [0.15, 0.2) is 59.5 Å². The van der Waals surface area contributed by atoms with Crippen molar-refractivity contribution in [2.24, 2.45) is 7.05 Å². The summed E-state index contributed by atoms with van der Waals surface area (Å²) in [5.41, 5.74) is 1.94. The zero-order valence-corrected chi connectivity index (χ0v) is 23.1. The number of hydrogen-bond donors (Lipinski definition) is 0. The number of para-hydroxylation sites is 1. The van der Waals surface area contributed by atoms with E-state index in [1.807, 2.05) is 35.9 Å². The number of halogens is 1. The predicted molar refractivity (Wildman–Crippen MR) is 147 cm³/mol. The zero-order valence-electron chi connectivity index (χ0n) is 21.5. The number of fused-ring (bicyclic) bond motifs is 3. The number of ether oxygens (including phenoxy) is 3. The molecular weight excluding hydrogens is 518 g/mol. The Labute approximate surface area is 222 Å². The van der Waals surface area contributed by atoms with Crippen molar-refractivity contribution in [2.45, 2.75) is 4.90 Å². The fourth-order valence-corrected chi connectivity index (χ4v) is 5.78. The Hall–Kier alpha value is -3.47. The van der Waals surface area contributed by atoms with Gasteiger partial charge < -0.3 is 23.7 Å². The monoisotopic (exact) mass is 547 g/mol. The molecule has 0 radical (unpaired) electrons. The minimum atomic E-state index is -4.32. The molecule has 0 bridgehead atoms. The normalized spacial score (nSPS) is 11.4. The van der Waals surface area contributed by atoms with Crippen LogP contribution in [0.3, 0.4) is 0 Å². The Bertz CT molecular complexity index is 1540. The second-order valence-electron chi connectivity index (χ2n) is 8.54. The molecule has 1 amide bonds. The highest BCUT2D eigenvalue weighted by molar-refractivity contribution is 7.93. The fourth-order valence-electron chi connectivity index (χ4n) is 4.35. The van der Waals surface area contributed by atoms with Gasteiger partial charge in [-0.3, -0.25) is 4.79 Å². The molecule has 0 fully saturated rings. The van der Waals surface area contributed by atoms with Crippen LogP contribution in [0.4, 0.5) is 5.69 Å². The number of rotatable bonds is 8. The van der Waals surface area contributed by atoms with Crippen molar-refractivity contribution in [1.82, 2.24) is 9.47 Å². The van der Waals surface area contributed by atoms with Crippen LogP contribution in [0.5, 0.6) is 17.2 Å². The predicted octanol–water partition coefficient (Wildman–Crippen LogP) is 4.06. The smallest absolute Gasteiger partial charge is 0.270 e. The lowest BCUT2D eigenvalue weighted by Crippen LogP contribution is -2.42. The molecule has 0 aliphatic rings. The minimum absolute atomic E-state index is 0. The molecule has 0 aliphatic carbocycles. The topological polar surface area (TPSA) is 90.3 Å². The van der Waals surface area contributed by atoms with Crippen LogP contribution in [0.25, 0.3) is 21.8 Å². The van der Waals surface area contributed by atoms with Crippen LogP contribution >= 0.6 is 12.4 Å². The first kappa shape index (κ1) is 28.1. The molecular formula is C26H30ClN3O6S. The first-order valence-electron chi connectivity index (χ1n) is 11.1. The lowest BCUT2D eigenvalue weighted by atomic mass is 10.1. The Morgan fingerprint density at radius 1 is 0.865 bits per heavy atom. The molecule has 4 aromatic rings. The molecule has 9 nitrogen and oxygen atoms in total. The number of anilines is 1. The summed E-state index contributed by atoms with van der Waals surface area (Å²) in [6.07, 6.45) is 0. The van der Waals surface area contributed by atoms with E-state index in [2.05, 4.69) is 0 Å². The van der Waals surface area contributed by atoms with E-state index >= 15 is 0 Å². The lowest BCUT2D eigenvalue weighted by molar-refractivity contribution is -0.118. The summed E-state index contributed by atoms with van der Waals surface area (Å²) >= 11 is 0. The maximum absolute atomic E-state index is 14.1. The molecule has 0 saturated heterocycles. The third-order valence-electron chi connectivity index (χ3n) is 5.99. The number of benzene rings is 3. The molecule has 198 valence electrons. The summed E-state index contributed by atoms with van der Waals surface area (Å²) in [5.74, 6) is 0.119. The number of sulfonamides is 1. The van der Waals surface area contributed by atoms with Gasteiger partial charge >= 0.3 is 0 Å². The molecule has 37 heavy (non-hydrogen) atoms. The molecule has 0 spiro atoms. The largest absolute Gasteiger partial charge is 0.493 e. The number of methoxy groups -OCH3 is 3. The molecule has 1 aromatic heterocycles. The van der Waals surface area contributed by atoms with E-state index in [9.17, 15) is 13.2 Å². The molecule has 0 atom stereocenters. The maximum Gasteiger partial charge on any atom is 0.270 e. The van der Waals surface area contributed by atoms with Gasteiger partial charge in [-0.15, -0.1) is 12.4 Å². The van der Waals surface area contributed by atoms with Gasteiger partial charge in [-0.2, -0.15) is 0 Å². The van der Waals surface area contributed by atoms with E-state index in [1.54, 1.807) is 31.1 Å². The Morgan fingerprint density at radius 2 is 1.46 bits per heavy atom. The molecule has 4 rings (SSSR count). The van der Waals surface area contributed by atoms with Crippen LogP contribution in [0.1, 0.15) is 0 Å². The van der Waals surface area contributed by atoms with E-state index in [1.165, 1.54) is 39.5 Å². The van der Waals surface area contributed by atoms with Crippen LogP contribution in [0.2, 0.25) is 0 Å². The Balaban J connectivity index is 0.00000380. The SMILES string of the molecule is COc1cc(N(C(=O)CN(C)C)S(=O)(=O)c2ccc3c(c2)c2ccccc2n3C)cc(OC)c1OC.Cl. The quantitative estimate of drug-likeness (QED) is 0.328. The second kappa shape index (κ2) is 10.9. The number of amides is 1. The van der Waals surface area contributed by atoms with Crippen LogP contribution in [-0.4, -0.2) is 65.8 Å². The van der Waals surface area contributed by atoms with Crippen molar-refractivity contribution in [1.29, 1.82) is 0 Å². The van der Waals surface area contributed by atoms with Crippen molar-refractivity contribution in [3.05, 3.63) is 54.6 Å². The van der Waals surface area contributed by atoms with Crippen molar-refractivity contribution < 1.29 is 27.4 Å². The lowest BCUT2D eigenvalue weighted by Gasteiger charge is -2.25. The molecule has 0 N–H and O–H groups in total. The summed E-state index contributed by atoms with van der Waals surface area (Å²) < 4.78 is 47.1. The van der Waals surface area contributed by atoms with Gasteiger partial charge in [0.05, 0.1) is 38.5 Å². The van der Waals surface area contributed by atoms with Crippen molar-refractivity contribution in [3.8, 4) is 17.2 Å².